The number of benzene rings is 2. The normalized spacial score (nSPS) is 19.5. The molecule has 33 heavy (non-hydrogen) atoms. The van der Waals surface area contributed by atoms with Gasteiger partial charge >= 0.3 is 0 Å². The molecule has 7 nitrogen and oxygen atoms in total. The lowest BCUT2D eigenvalue weighted by atomic mass is 9.77. The lowest BCUT2D eigenvalue weighted by molar-refractivity contribution is -0.125. The maximum Gasteiger partial charge on any atom is 0.246 e. The van der Waals surface area contributed by atoms with Crippen LogP contribution < -0.4 is 24.4 Å². The molecule has 0 saturated heterocycles. The number of ether oxygens (including phenoxy) is 3. The maximum atomic E-state index is 13.9. The van der Waals surface area contributed by atoms with Crippen molar-refractivity contribution >= 4 is 17.5 Å². The Morgan fingerprint density at radius 3 is 2.58 bits per heavy atom. The zero-order valence-corrected chi connectivity index (χ0v) is 19.0. The van der Waals surface area contributed by atoms with Gasteiger partial charge in [0.1, 0.15) is 24.3 Å². The molecule has 0 aromatic heterocycles. The number of anilines is 1. The lowest BCUT2D eigenvalue weighted by Gasteiger charge is -2.23. The molecule has 3 aliphatic heterocycles. The molecule has 3 aliphatic rings. The summed E-state index contributed by atoms with van der Waals surface area (Å²) in [7, 11) is 0. The fraction of sp³-hybridized carbons (Fsp3) is 0.462. The van der Waals surface area contributed by atoms with E-state index < -0.39 is 5.41 Å². The highest BCUT2D eigenvalue weighted by Gasteiger charge is 2.57. The molecule has 5 rings (SSSR count). The molecule has 1 atom stereocenters. The third-order valence-corrected chi connectivity index (χ3v) is 6.80. The van der Waals surface area contributed by atoms with Crippen LogP contribution in [0.25, 0.3) is 0 Å². The van der Waals surface area contributed by atoms with E-state index in [0.717, 1.165) is 29.7 Å². The average Bonchev–Trinajstić information content (AvgIpc) is 3.50. The van der Waals surface area contributed by atoms with Crippen LogP contribution in [-0.4, -0.2) is 38.3 Å². The Balaban J connectivity index is 1.32. The van der Waals surface area contributed by atoms with E-state index in [2.05, 4.69) is 12.2 Å². The number of amides is 2. The number of para-hydroxylation sites is 1. The molecular weight excluding hydrogens is 420 g/mol. The highest BCUT2D eigenvalue weighted by atomic mass is 16.7. The quantitative estimate of drug-likeness (QED) is 0.586. The van der Waals surface area contributed by atoms with Gasteiger partial charge in [-0.25, -0.2) is 0 Å². The highest BCUT2D eigenvalue weighted by Crippen LogP contribution is 2.54. The predicted molar refractivity (Wildman–Crippen MR) is 124 cm³/mol. The number of nitrogens with zero attached hydrogens (tertiary/aromatic N) is 1. The maximum absolute atomic E-state index is 13.9. The van der Waals surface area contributed by atoms with Crippen LogP contribution in [0, 0.1) is 0 Å². The Morgan fingerprint density at radius 2 is 1.73 bits per heavy atom. The standard InChI is InChI=1S/C26H30N2O5/c1-2-3-4-5-6-9-12-27-24(29)15-28-20-11-8-7-10-18(20)26(25(28)30)16-31-21-14-23-22(13-19(21)26)32-17-33-23/h7-8,10-11,13-14H,2-6,9,12,15-17H2,1H3,(H,27,29). The average molecular weight is 451 g/mol. The molecule has 174 valence electrons. The van der Waals surface area contributed by atoms with Gasteiger partial charge in [-0.05, 0) is 24.1 Å². The van der Waals surface area contributed by atoms with E-state index in [-0.39, 0.29) is 31.8 Å². The molecule has 7 heteroatoms. The summed E-state index contributed by atoms with van der Waals surface area (Å²) in [5.41, 5.74) is 1.40. The van der Waals surface area contributed by atoms with Crippen molar-refractivity contribution in [2.45, 2.75) is 50.9 Å². The minimum absolute atomic E-state index is 0.00663. The van der Waals surface area contributed by atoms with Crippen molar-refractivity contribution < 1.29 is 23.8 Å². The van der Waals surface area contributed by atoms with E-state index in [1.165, 1.54) is 25.7 Å². The van der Waals surface area contributed by atoms with Crippen LogP contribution in [0.1, 0.15) is 56.6 Å². The first-order valence-electron chi connectivity index (χ1n) is 11.9. The summed E-state index contributed by atoms with van der Waals surface area (Å²) in [5.74, 6) is 1.57. The van der Waals surface area contributed by atoms with E-state index >= 15 is 0 Å². The molecule has 2 aromatic rings. The number of nitrogens with one attached hydrogen (secondary N) is 1. The van der Waals surface area contributed by atoms with Gasteiger partial charge in [-0.2, -0.15) is 0 Å². The third kappa shape index (κ3) is 3.69. The Kier molecular flexibility index (Phi) is 5.87. The molecule has 3 heterocycles. The van der Waals surface area contributed by atoms with Crippen molar-refractivity contribution in [3.63, 3.8) is 0 Å². The number of rotatable bonds is 9. The topological polar surface area (TPSA) is 77.1 Å². The van der Waals surface area contributed by atoms with E-state index in [9.17, 15) is 9.59 Å². The molecule has 0 saturated carbocycles. The second kappa shape index (κ2) is 8.96. The smallest absolute Gasteiger partial charge is 0.246 e. The van der Waals surface area contributed by atoms with Crippen LogP contribution in [0.2, 0.25) is 0 Å². The van der Waals surface area contributed by atoms with Crippen LogP contribution in [0.4, 0.5) is 5.69 Å². The van der Waals surface area contributed by atoms with Gasteiger partial charge in [0.2, 0.25) is 18.6 Å². The van der Waals surface area contributed by atoms with Gasteiger partial charge in [0.25, 0.3) is 0 Å². The zero-order valence-electron chi connectivity index (χ0n) is 19.0. The SMILES string of the molecule is CCCCCCCCNC(=O)CN1C(=O)C2(COc3cc4c(cc32)OCO4)c2ccccc21. The fourth-order valence-electron chi connectivity index (χ4n) is 5.05. The number of fused-ring (bicyclic) bond motifs is 5. The van der Waals surface area contributed by atoms with Crippen molar-refractivity contribution in [3.05, 3.63) is 47.5 Å². The Labute approximate surface area is 194 Å². The van der Waals surface area contributed by atoms with Crippen LogP contribution in [0.5, 0.6) is 17.2 Å². The van der Waals surface area contributed by atoms with Gasteiger partial charge in [-0.3, -0.25) is 9.59 Å². The van der Waals surface area contributed by atoms with Crippen molar-refractivity contribution in [3.8, 4) is 17.2 Å². The first-order chi connectivity index (χ1) is 16.1. The van der Waals surface area contributed by atoms with Crippen molar-refractivity contribution in [2.24, 2.45) is 0 Å². The molecule has 0 bridgehead atoms. The van der Waals surface area contributed by atoms with E-state index in [1.54, 1.807) is 11.0 Å². The second-order valence-electron chi connectivity index (χ2n) is 8.92. The summed E-state index contributed by atoms with van der Waals surface area (Å²) in [6.07, 6.45) is 7.00. The van der Waals surface area contributed by atoms with E-state index in [1.807, 2.05) is 30.3 Å². The molecule has 1 N–H and O–H groups in total. The number of carbonyl (C=O) groups excluding carboxylic acids is 2. The van der Waals surface area contributed by atoms with Gasteiger partial charge in [-0.1, -0.05) is 57.2 Å². The van der Waals surface area contributed by atoms with Crippen molar-refractivity contribution in [1.82, 2.24) is 5.32 Å². The number of hydrogen-bond acceptors (Lipinski definition) is 5. The molecule has 1 spiro atoms. The van der Waals surface area contributed by atoms with Gasteiger partial charge in [0.05, 0.1) is 0 Å². The van der Waals surface area contributed by atoms with Crippen molar-refractivity contribution in [1.29, 1.82) is 0 Å². The largest absolute Gasteiger partial charge is 0.491 e. The van der Waals surface area contributed by atoms with Crippen LogP contribution in [0.3, 0.4) is 0 Å². The Hall–Kier alpha value is -3.22. The number of hydrogen-bond donors (Lipinski definition) is 1. The fourth-order valence-corrected chi connectivity index (χ4v) is 5.05. The van der Waals surface area contributed by atoms with Gasteiger partial charge in [0.15, 0.2) is 11.5 Å². The van der Waals surface area contributed by atoms with Crippen molar-refractivity contribution in [2.75, 3.05) is 31.4 Å². The monoisotopic (exact) mass is 450 g/mol. The summed E-state index contributed by atoms with van der Waals surface area (Å²) in [6.45, 7) is 3.17. The summed E-state index contributed by atoms with van der Waals surface area (Å²) < 4.78 is 17.0. The Bertz CT molecular complexity index is 1070. The number of carbonyl (C=O) groups is 2. The van der Waals surface area contributed by atoms with Gasteiger partial charge in [-0.15, -0.1) is 0 Å². The predicted octanol–water partition coefficient (Wildman–Crippen LogP) is 3.92. The summed E-state index contributed by atoms with van der Waals surface area (Å²) in [6, 6.07) is 11.3. The molecule has 0 fully saturated rings. The van der Waals surface area contributed by atoms with Crippen LogP contribution in [-0.2, 0) is 15.0 Å². The van der Waals surface area contributed by atoms with Gasteiger partial charge < -0.3 is 24.4 Å². The summed E-state index contributed by atoms with van der Waals surface area (Å²) in [5, 5.41) is 2.98. The molecule has 1 unspecified atom stereocenters. The minimum Gasteiger partial charge on any atom is -0.491 e. The lowest BCUT2D eigenvalue weighted by Crippen LogP contribution is -2.46. The molecule has 0 radical (unpaired) electrons. The first-order valence-corrected chi connectivity index (χ1v) is 11.9. The zero-order chi connectivity index (χ0) is 22.8. The third-order valence-electron chi connectivity index (χ3n) is 6.80. The number of unbranched alkanes of at least 4 members (excludes halogenated alkanes) is 5. The second-order valence-corrected chi connectivity index (χ2v) is 8.92. The van der Waals surface area contributed by atoms with Crippen LogP contribution in [0.15, 0.2) is 36.4 Å². The molecule has 2 amide bonds. The van der Waals surface area contributed by atoms with Gasteiger partial charge in [0, 0.05) is 23.9 Å². The highest BCUT2D eigenvalue weighted by molar-refractivity contribution is 6.13. The molecular formula is C26H30N2O5. The summed E-state index contributed by atoms with van der Waals surface area (Å²) in [4.78, 5) is 28.2. The Morgan fingerprint density at radius 1 is 0.970 bits per heavy atom. The van der Waals surface area contributed by atoms with E-state index in [4.69, 9.17) is 14.2 Å². The minimum atomic E-state index is -0.980. The first kappa shape index (κ1) is 21.6. The van der Waals surface area contributed by atoms with E-state index in [0.29, 0.717) is 23.8 Å². The molecule has 0 aliphatic carbocycles. The molecule has 2 aromatic carbocycles. The van der Waals surface area contributed by atoms with Crippen LogP contribution >= 0.6 is 0 Å². The summed E-state index contributed by atoms with van der Waals surface area (Å²) >= 11 is 0.